The number of nitrogens with zero attached hydrogens (tertiary/aromatic N) is 3. The van der Waals surface area contributed by atoms with Crippen LogP contribution in [0, 0.1) is 0 Å². The number of aromatic amines is 1. The highest BCUT2D eigenvalue weighted by molar-refractivity contribution is 5.19. The zero-order valence-corrected chi connectivity index (χ0v) is 4.78. The van der Waals surface area contributed by atoms with E-state index in [-0.39, 0.29) is 0 Å². The molecule has 0 saturated carbocycles. The van der Waals surface area contributed by atoms with Crippen molar-refractivity contribution in [3.05, 3.63) is 25.3 Å². The zero-order valence-electron chi connectivity index (χ0n) is 4.78. The van der Waals surface area contributed by atoms with Gasteiger partial charge in [-0.05, 0) is 0 Å². The third kappa shape index (κ3) is 1.49. The summed E-state index contributed by atoms with van der Waals surface area (Å²) < 4.78 is 0. The molecule has 46 valence electrons. The number of hydrogen-bond donors (Lipinski definition) is 1. The molecule has 1 aromatic heterocycles. The molecule has 0 bridgehead atoms. The Morgan fingerprint density at radius 1 is 1.78 bits per heavy atom. The average molecular weight is 122 g/mol. The maximum Gasteiger partial charge on any atom is 0.172 e. The van der Waals surface area contributed by atoms with Gasteiger partial charge in [-0.25, -0.2) is 4.98 Å². The lowest BCUT2D eigenvalue weighted by Gasteiger charge is -1.75. The van der Waals surface area contributed by atoms with Gasteiger partial charge in [-0.2, -0.15) is 5.11 Å². The minimum Gasteiger partial charge on any atom is -0.328 e. The van der Waals surface area contributed by atoms with E-state index < -0.39 is 0 Å². The van der Waals surface area contributed by atoms with Crippen LogP contribution in [0.5, 0.6) is 0 Å². The molecule has 0 aliphatic heterocycles. The van der Waals surface area contributed by atoms with Crippen LogP contribution in [0.4, 0.5) is 5.82 Å². The monoisotopic (exact) mass is 122 g/mol. The molecule has 0 unspecified atom stereocenters. The van der Waals surface area contributed by atoms with Gasteiger partial charge in [0.1, 0.15) is 0 Å². The Morgan fingerprint density at radius 3 is 3.22 bits per heavy atom. The van der Waals surface area contributed by atoms with Crippen molar-refractivity contribution in [1.29, 1.82) is 0 Å². The van der Waals surface area contributed by atoms with E-state index in [1.807, 2.05) is 0 Å². The Hall–Kier alpha value is -1.45. The van der Waals surface area contributed by atoms with Gasteiger partial charge in [0.05, 0.1) is 12.5 Å². The first-order valence-electron chi connectivity index (χ1n) is 2.43. The minimum atomic E-state index is 0.634. The molecular formula is C5H6N4. The second-order valence-electron chi connectivity index (χ2n) is 1.33. The molecule has 0 aliphatic carbocycles. The van der Waals surface area contributed by atoms with Gasteiger partial charge in [0, 0.05) is 6.20 Å². The second-order valence-corrected chi connectivity index (χ2v) is 1.33. The van der Waals surface area contributed by atoms with Crippen molar-refractivity contribution in [3.8, 4) is 0 Å². The van der Waals surface area contributed by atoms with Gasteiger partial charge in [0.25, 0.3) is 0 Å². The highest BCUT2D eigenvalue weighted by Gasteiger charge is 1.83. The predicted molar refractivity (Wildman–Crippen MR) is 33.3 cm³/mol. The smallest absolute Gasteiger partial charge is 0.172 e. The molecule has 4 nitrogen and oxygen atoms in total. The molecule has 0 saturated heterocycles. The van der Waals surface area contributed by atoms with Crippen molar-refractivity contribution in [2.24, 2.45) is 10.2 Å². The SMILES string of the molecule is C=C/N=N\c1cnc[nH]1. The van der Waals surface area contributed by atoms with Crippen molar-refractivity contribution in [1.82, 2.24) is 9.97 Å². The Morgan fingerprint density at radius 2 is 2.67 bits per heavy atom. The fraction of sp³-hybridized carbons (Fsp3) is 0. The fourth-order valence-corrected chi connectivity index (χ4v) is 0.406. The van der Waals surface area contributed by atoms with Gasteiger partial charge in [-0.3, -0.25) is 0 Å². The average Bonchev–Trinajstić information content (AvgIpc) is 2.34. The van der Waals surface area contributed by atoms with Crippen LogP contribution < -0.4 is 0 Å². The maximum absolute atomic E-state index is 3.73. The highest BCUT2D eigenvalue weighted by atomic mass is 15.1. The van der Waals surface area contributed by atoms with Crippen LogP contribution in [-0.4, -0.2) is 9.97 Å². The number of aromatic nitrogens is 2. The van der Waals surface area contributed by atoms with E-state index in [2.05, 4.69) is 26.8 Å². The van der Waals surface area contributed by atoms with E-state index >= 15 is 0 Å². The lowest BCUT2D eigenvalue weighted by Crippen LogP contribution is -1.54. The van der Waals surface area contributed by atoms with Crippen LogP contribution in [0.3, 0.4) is 0 Å². The van der Waals surface area contributed by atoms with E-state index in [1.165, 1.54) is 12.5 Å². The Labute approximate surface area is 52.3 Å². The van der Waals surface area contributed by atoms with Gasteiger partial charge in [-0.1, -0.05) is 6.58 Å². The zero-order chi connectivity index (χ0) is 6.53. The third-order valence-electron chi connectivity index (χ3n) is 0.731. The van der Waals surface area contributed by atoms with E-state index in [9.17, 15) is 0 Å². The van der Waals surface area contributed by atoms with Crippen molar-refractivity contribution in [2.45, 2.75) is 0 Å². The molecule has 1 rings (SSSR count). The number of H-pyrrole nitrogens is 1. The van der Waals surface area contributed by atoms with Crippen molar-refractivity contribution < 1.29 is 0 Å². The topological polar surface area (TPSA) is 53.4 Å². The van der Waals surface area contributed by atoms with Crippen molar-refractivity contribution >= 4 is 5.82 Å². The van der Waals surface area contributed by atoms with Crippen LogP contribution in [-0.2, 0) is 0 Å². The number of hydrogen-bond acceptors (Lipinski definition) is 3. The van der Waals surface area contributed by atoms with Crippen LogP contribution >= 0.6 is 0 Å². The molecule has 0 atom stereocenters. The van der Waals surface area contributed by atoms with Crippen LogP contribution in [0.15, 0.2) is 35.5 Å². The normalized spacial score (nSPS) is 10.2. The van der Waals surface area contributed by atoms with Gasteiger partial charge in [-0.15, -0.1) is 5.11 Å². The first kappa shape index (κ1) is 5.68. The molecule has 0 radical (unpaired) electrons. The lowest BCUT2D eigenvalue weighted by atomic mass is 10.8. The molecule has 9 heavy (non-hydrogen) atoms. The number of rotatable bonds is 2. The Balaban J connectivity index is 2.67. The molecular weight excluding hydrogens is 116 g/mol. The van der Waals surface area contributed by atoms with Crippen LogP contribution in [0.25, 0.3) is 0 Å². The maximum atomic E-state index is 3.73. The quantitative estimate of drug-likeness (QED) is 0.595. The van der Waals surface area contributed by atoms with Gasteiger partial charge < -0.3 is 4.98 Å². The molecule has 0 amide bonds. The number of azo groups is 1. The van der Waals surface area contributed by atoms with Gasteiger partial charge in [0.2, 0.25) is 0 Å². The molecule has 1 aromatic rings. The van der Waals surface area contributed by atoms with E-state index in [4.69, 9.17) is 0 Å². The van der Waals surface area contributed by atoms with Gasteiger partial charge in [0.15, 0.2) is 5.82 Å². The summed E-state index contributed by atoms with van der Waals surface area (Å²) in [6, 6.07) is 0. The molecule has 0 fully saturated rings. The molecule has 1 N–H and O–H groups in total. The Kier molecular flexibility index (Phi) is 1.74. The summed E-state index contributed by atoms with van der Waals surface area (Å²) in [5, 5.41) is 7.21. The second kappa shape index (κ2) is 2.76. The third-order valence-corrected chi connectivity index (χ3v) is 0.731. The minimum absolute atomic E-state index is 0.634. The fourth-order valence-electron chi connectivity index (χ4n) is 0.406. The molecule has 0 spiro atoms. The summed E-state index contributed by atoms with van der Waals surface area (Å²) in [4.78, 5) is 6.48. The molecule has 0 aliphatic rings. The van der Waals surface area contributed by atoms with Gasteiger partial charge >= 0.3 is 0 Å². The summed E-state index contributed by atoms with van der Waals surface area (Å²) >= 11 is 0. The summed E-state index contributed by atoms with van der Waals surface area (Å²) in [5.74, 6) is 0.634. The Bertz CT molecular complexity index is 199. The van der Waals surface area contributed by atoms with E-state index in [0.29, 0.717) is 5.82 Å². The summed E-state index contributed by atoms with van der Waals surface area (Å²) in [6.45, 7) is 3.37. The molecule has 0 aromatic carbocycles. The molecule has 1 heterocycles. The summed E-state index contributed by atoms with van der Waals surface area (Å²) in [5.41, 5.74) is 0. The van der Waals surface area contributed by atoms with Crippen LogP contribution in [0.2, 0.25) is 0 Å². The number of imidazole rings is 1. The van der Waals surface area contributed by atoms with E-state index in [1.54, 1.807) is 6.20 Å². The first-order valence-corrected chi connectivity index (χ1v) is 2.43. The van der Waals surface area contributed by atoms with Crippen molar-refractivity contribution in [2.75, 3.05) is 0 Å². The molecule has 4 heteroatoms. The standard InChI is InChI=1S/C5H6N4/c1-2-8-9-5-3-6-4-7-5/h2-4H,1H2,(H,6,7)/b9-8-. The largest absolute Gasteiger partial charge is 0.328 e. The predicted octanol–water partition coefficient (Wildman–Crippen LogP) is 1.64. The first-order chi connectivity index (χ1) is 4.43. The summed E-state index contributed by atoms with van der Waals surface area (Å²) in [6.07, 6.45) is 4.48. The van der Waals surface area contributed by atoms with Crippen molar-refractivity contribution in [3.63, 3.8) is 0 Å². The summed E-state index contributed by atoms with van der Waals surface area (Å²) in [7, 11) is 0. The number of nitrogens with one attached hydrogen (secondary N) is 1. The lowest BCUT2D eigenvalue weighted by molar-refractivity contribution is 1.18. The highest BCUT2D eigenvalue weighted by Crippen LogP contribution is 2.02. The van der Waals surface area contributed by atoms with E-state index in [0.717, 1.165) is 0 Å². The van der Waals surface area contributed by atoms with Crippen LogP contribution in [0.1, 0.15) is 0 Å².